The van der Waals surface area contributed by atoms with Crippen molar-refractivity contribution in [1.82, 2.24) is 39.7 Å². The van der Waals surface area contributed by atoms with Gasteiger partial charge in [-0.1, -0.05) is 17.6 Å². The Morgan fingerprint density at radius 3 is 2.97 bits per heavy atom. The van der Waals surface area contributed by atoms with Crippen molar-refractivity contribution in [2.24, 2.45) is 0 Å². The number of aromatic nitrogens is 7. The first kappa shape index (κ1) is 18.5. The number of rotatable bonds is 3. The van der Waals surface area contributed by atoms with E-state index in [4.69, 9.17) is 9.52 Å². The number of aromatic amines is 1. The predicted octanol–water partition coefficient (Wildman–Crippen LogP) is 0.549. The Kier molecular flexibility index (Phi) is 4.13. The van der Waals surface area contributed by atoms with Crippen molar-refractivity contribution in [1.29, 1.82) is 0 Å². The second kappa shape index (κ2) is 7.15. The summed E-state index contributed by atoms with van der Waals surface area (Å²) in [7, 11) is 2.03. The highest BCUT2D eigenvalue weighted by Gasteiger charge is 2.38. The maximum atomic E-state index is 13.5. The number of nitrogens with zero attached hydrogens (tertiary/aromatic N) is 7. The first-order chi connectivity index (χ1) is 15.7. The van der Waals surface area contributed by atoms with Crippen LogP contribution >= 0.6 is 0 Å². The number of amides is 1. The predicted molar refractivity (Wildman–Crippen MR) is 116 cm³/mol. The summed E-state index contributed by atoms with van der Waals surface area (Å²) in [6.45, 7) is 0.465. The molecule has 0 radical (unpaired) electrons. The molecule has 6 heterocycles. The van der Waals surface area contributed by atoms with E-state index in [9.17, 15) is 4.79 Å². The molecule has 11 heteroatoms. The number of hydrogen-bond acceptors (Lipinski definition) is 7. The fraction of sp³-hybridized carbons (Fsp3) is 0.143. The van der Waals surface area contributed by atoms with E-state index < -0.39 is 6.04 Å². The molecular formula is C21H17BN8O2. The van der Waals surface area contributed by atoms with Gasteiger partial charge in [-0.3, -0.25) is 9.78 Å². The lowest BCUT2D eigenvalue weighted by Gasteiger charge is -2.32. The molecule has 1 atom stereocenters. The number of nitrogens with one attached hydrogen (secondary N) is 1. The van der Waals surface area contributed by atoms with Crippen LogP contribution in [0.2, 0.25) is 0 Å². The maximum Gasteiger partial charge on any atom is 0.312 e. The van der Waals surface area contributed by atoms with Gasteiger partial charge in [-0.25, -0.2) is 9.50 Å². The third kappa shape index (κ3) is 2.89. The molecule has 32 heavy (non-hydrogen) atoms. The smallest absolute Gasteiger partial charge is 0.312 e. The number of pyridine rings is 2. The van der Waals surface area contributed by atoms with Crippen molar-refractivity contribution in [2.45, 2.75) is 12.5 Å². The monoisotopic (exact) mass is 424 g/mol. The minimum absolute atomic E-state index is 0.0883. The van der Waals surface area contributed by atoms with E-state index in [0.29, 0.717) is 18.7 Å². The largest absolute Gasteiger partial charge is 0.411 e. The van der Waals surface area contributed by atoms with Crippen LogP contribution in [-0.2, 0) is 6.42 Å². The van der Waals surface area contributed by atoms with Crippen LogP contribution in [0.1, 0.15) is 33.8 Å². The van der Waals surface area contributed by atoms with E-state index in [1.165, 1.54) is 0 Å². The number of H-pyrrole nitrogens is 1. The van der Waals surface area contributed by atoms with Gasteiger partial charge in [-0.15, -0.1) is 10.2 Å². The van der Waals surface area contributed by atoms with Crippen molar-refractivity contribution in [3.05, 3.63) is 78.1 Å². The van der Waals surface area contributed by atoms with Crippen LogP contribution in [0.25, 0.3) is 17.1 Å². The summed E-state index contributed by atoms with van der Waals surface area (Å²) in [5, 5.41) is 12.8. The van der Waals surface area contributed by atoms with Crippen LogP contribution in [-0.4, -0.2) is 60.0 Å². The van der Waals surface area contributed by atoms with Gasteiger partial charge < -0.3 is 14.3 Å². The van der Waals surface area contributed by atoms with Gasteiger partial charge in [0.1, 0.15) is 19.6 Å². The van der Waals surface area contributed by atoms with Gasteiger partial charge in [-0.2, -0.15) is 5.10 Å². The van der Waals surface area contributed by atoms with Crippen LogP contribution in [0.15, 0.2) is 59.5 Å². The molecule has 0 aliphatic carbocycles. The molecule has 0 aromatic carbocycles. The Bertz CT molecular complexity index is 1440. The molecule has 1 amide bonds. The van der Waals surface area contributed by atoms with Gasteiger partial charge in [0.15, 0.2) is 0 Å². The Hall–Kier alpha value is -4.28. The highest BCUT2D eigenvalue weighted by molar-refractivity contribution is 6.36. The molecule has 156 valence electrons. The van der Waals surface area contributed by atoms with Crippen molar-refractivity contribution >= 4 is 24.7 Å². The van der Waals surface area contributed by atoms with Gasteiger partial charge in [0, 0.05) is 31.1 Å². The molecule has 0 spiro atoms. The van der Waals surface area contributed by atoms with E-state index in [1.807, 2.05) is 42.8 Å². The third-order valence-corrected chi connectivity index (χ3v) is 5.69. The van der Waals surface area contributed by atoms with Crippen molar-refractivity contribution < 1.29 is 9.21 Å². The van der Waals surface area contributed by atoms with Crippen LogP contribution in [0.3, 0.4) is 0 Å². The van der Waals surface area contributed by atoms with E-state index in [2.05, 4.69) is 25.1 Å². The highest BCUT2D eigenvalue weighted by Crippen LogP contribution is 2.34. The van der Waals surface area contributed by atoms with Crippen molar-refractivity contribution in [3.63, 3.8) is 0 Å². The van der Waals surface area contributed by atoms with Gasteiger partial charge in [0.05, 0.1) is 23.2 Å². The number of fused-ring (bicyclic) bond motifs is 2. The van der Waals surface area contributed by atoms with Crippen LogP contribution in [0.4, 0.5) is 0 Å². The molecule has 1 aliphatic heterocycles. The lowest BCUT2D eigenvalue weighted by molar-refractivity contribution is 0.0646. The molecule has 0 bridgehead atoms. The summed E-state index contributed by atoms with van der Waals surface area (Å²) in [4.78, 5) is 27.1. The Balaban J connectivity index is 1.41. The standard InChI is InChI=1S/C21H17BN8O2/c22-12-4-3-8-30-16(12)10-15(28-30)18-17-13(24-11-25-17)6-9-29(18)21(31)20-27-26-19(32-20)14-5-1-2-7-23-14/h1-5,7-8,10-11,18H,6,9,22H2,(H,24,25)/t18-/m1/s1. The van der Waals surface area contributed by atoms with E-state index in [-0.39, 0.29) is 17.7 Å². The SMILES string of the molecule is Bc1cccn2nc([C@@H]3c4nc[nH]c4CCN3C(=O)c3nnc(-c4ccccn4)o3)cc12. The Labute approximate surface area is 182 Å². The lowest BCUT2D eigenvalue weighted by Crippen LogP contribution is -2.41. The molecule has 5 aromatic heterocycles. The first-order valence-electron chi connectivity index (χ1n) is 10.2. The van der Waals surface area contributed by atoms with Gasteiger partial charge in [-0.05, 0) is 24.3 Å². The molecule has 6 rings (SSSR count). The van der Waals surface area contributed by atoms with E-state index in [0.717, 1.165) is 28.1 Å². The zero-order valence-electron chi connectivity index (χ0n) is 17.1. The molecule has 0 unspecified atom stereocenters. The first-order valence-corrected chi connectivity index (χ1v) is 10.2. The summed E-state index contributed by atoms with van der Waals surface area (Å²) in [6.07, 6.45) is 5.82. The normalized spacial score (nSPS) is 15.8. The summed E-state index contributed by atoms with van der Waals surface area (Å²) in [5.74, 6) is -0.256. The third-order valence-electron chi connectivity index (χ3n) is 5.69. The van der Waals surface area contributed by atoms with Gasteiger partial charge >= 0.3 is 11.8 Å². The number of carbonyl (C=O) groups is 1. The number of imidazole rings is 1. The minimum Gasteiger partial charge on any atom is -0.411 e. The molecule has 10 nitrogen and oxygen atoms in total. The van der Waals surface area contributed by atoms with E-state index in [1.54, 1.807) is 29.6 Å². The average Bonchev–Trinajstić information content (AvgIpc) is 3.58. The lowest BCUT2D eigenvalue weighted by atomic mass is 9.95. The molecule has 5 aromatic rings. The molecule has 0 saturated carbocycles. The topological polar surface area (TPSA) is 118 Å². The average molecular weight is 424 g/mol. The molecule has 0 saturated heterocycles. The summed E-state index contributed by atoms with van der Waals surface area (Å²) >= 11 is 0. The van der Waals surface area contributed by atoms with Crippen LogP contribution in [0.5, 0.6) is 0 Å². The van der Waals surface area contributed by atoms with Gasteiger partial charge in [0.25, 0.3) is 5.89 Å². The van der Waals surface area contributed by atoms with Crippen LogP contribution < -0.4 is 5.46 Å². The molecule has 1 N–H and O–H groups in total. The van der Waals surface area contributed by atoms with Crippen LogP contribution in [0, 0.1) is 0 Å². The fourth-order valence-electron chi connectivity index (χ4n) is 4.13. The van der Waals surface area contributed by atoms with E-state index >= 15 is 0 Å². The quantitative estimate of drug-likeness (QED) is 0.420. The second-order valence-corrected chi connectivity index (χ2v) is 7.63. The molecule has 0 fully saturated rings. The highest BCUT2D eigenvalue weighted by atomic mass is 16.4. The summed E-state index contributed by atoms with van der Waals surface area (Å²) in [6, 6.07) is 10.9. The maximum absolute atomic E-state index is 13.5. The number of hydrogen-bond donors (Lipinski definition) is 1. The number of carbonyl (C=O) groups excluding carboxylic acids is 1. The zero-order valence-corrected chi connectivity index (χ0v) is 17.1. The van der Waals surface area contributed by atoms with Gasteiger partial charge in [0.2, 0.25) is 0 Å². The summed E-state index contributed by atoms with van der Waals surface area (Å²) < 4.78 is 7.51. The fourth-order valence-corrected chi connectivity index (χ4v) is 4.13. The van der Waals surface area contributed by atoms with Crippen molar-refractivity contribution in [3.8, 4) is 11.6 Å². The Morgan fingerprint density at radius 2 is 2.12 bits per heavy atom. The minimum atomic E-state index is -0.470. The molecular weight excluding hydrogens is 407 g/mol. The zero-order chi connectivity index (χ0) is 21.7. The second-order valence-electron chi connectivity index (χ2n) is 7.63. The Morgan fingerprint density at radius 1 is 1.19 bits per heavy atom. The molecule has 1 aliphatic rings. The van der Waals surface area contributed by atoms with Crippen molar-refractivity contribution in [2.75, 3.05) is 6.54 Å². The summed E-state index contributed by atoms with van der Waals surface area (Å²) in [5.41, 5.74) is 5.08.